The Bertz CT molecular complexity index is 1200. The molecular weight excluding hydrogens is 370 g/mol. The number of carbonyl (C=O) groups is 1. The van der Waals surface area contributed by atoms with Gasteiger partial charge in [0.15, 0.2) is 5.78 Å². The van der Waals surface area contributed by atoms with Crippen molar-refractivity contribution in [2.75, 3.05) is 0 Å². The molecule has 0 spiro atoms. The molecule has 0 amide bonds. The van der Waals surface area contributed by atoms with Gasteiger partial charge in [-0.05, 0) is 30.9 Å². The highest BCUT2D eigenvalue weighted by Crippen LogP contribution is 2.52. The zero-order chi connectivity index (χ0) is 20.9. The molecule has 2 aliphatic carbocycles. The van der Waals surface area contributed by atoms with Crippen LogP contribution in [0.2, 0.25) is 0 Å². The number of hydrogen-bond acceptors (Lipinski definition) is 2. The number of carbonyl (C=O) groups excluding carboxylic acids is 1. The van der Waals surface area contributed by atoms with Crippen LogP contribution in [0.4, 0.5) is 0 Å². The molecule has 0 aliphatic heterocycles. The van der Waals surface area contributed by atoms with Gasteiger partial charge in [-0.25, -0.2) is 9.53 Å². The summed E-state index contributed by atoms with van der Waals surface area (Å²) in [6, 6.07) is 20.4. The van der Waals surface area contributed by atoms with E-state index in [-0.39, 0.29) is 23.3 Å². The first kappa shape index (κ1) is 18.6. The maximum Gasteiger partial charge on any atom is 0.226 e. The van der Waals surface area contributed by atoms with Crippen molar-refractivity contribution in [2.45, 2.75) is 32.1 Å². The molecule has 0 fully saturated rings. The Morgan fingerprint density at radius 1 is 1.10 bits per heavy atom. The average Bonchev–Trinajstić information content (AvgIpc) is 3.19. The minimum Gasteiger partial charge on any atom is -0.308 e. The molecule has 3 atom stereocenters. The van der Waals surface area contributed by atoms with Crippen molar-refractivity contribution >= 4 is 5.78 Å². The molecule has 1 heterocycles. The molecule has 4 heteroatoms. The molecule has 3 aromatic rings. The van der Waals surface area contributed by atoms with Gasteiger partial charge in [0, 0.05) is 22.5 Å². The minimum atomic E-state index is -0.420. The Balaban J connectivity index is 1.83. The lowest BCUT2D eigenvalue weighted by molar-refractivity contribution is -0.121. The molecule has 0 bridgehead atoms. The summed E-state index contributed by atoms with van der Waals surface area (Å²) in [6.07, 6.45) is 3.71. The third-order valence-corrected chi connectivity index (χ3v) is 6.84. The van der Waals surface area contributed by atoms with Crippen LogP contribution in [0.5, 0.6) is 0 Å². The van der Waals surface area contributed by atoms with Gasteiger partial charge in [0.05, 0.1) is 23.6 Å². The first-order chi connectivity index (χ1) is 14.5. The predicted molar refractivity (Wildman–Crippen MR) is 117 cm³/mol. The van der Waals surface area contributed by atoms with Crippen LogP contribution in [0, 0.1) is 18.4 Å². The number of aromatic nitrogens is 2. The summed E-state index contributed by atoms with van der Waals surface area (Å²) in [5, 5.41) is 5.09. The van der Waals surface area contributed by atoms with E-state index in [0.29, 0.717) is 0 Å². The molecule has 5 rings (SSSR count). The third kappa shape index (κ3) is 2.59. The van der Waals surface area contributed by atoms with Gasteiger partial charge in [0.25, 0.3) is 0 Å². The van der Waals surface area contributed by atoms with Crippen molar-refractivity contribution < 1.29 is 4.79 Å². The van der Waals surface area contributed by atoms with E-state index in [4.69, 9.17) is 11.7 Å². The Morgan fingerprint density at radius 2 is 1.77 bits per heavy atom. The molecule has 2 aromatic carbocycles. The fourth-order valence-corrected chi connectivity index (χ4v) is 5.40. The zero-order valence-corrected chi connectivity index (χ0v) is 17.2. The minimum absolute atomic E-state index is 0.0232. The first-order valence-corrected chi connectivity index (χ1v) is 10.4. The Morgan fingerprint density at radius 3 is 2.43 bits per heavy atom. The molecule has 0 N–H and O–H groups in total. The molecule has 1 aromatic heterocycles. The number of fused-ring (bicyclic) bond motifs is 3. The van der Waals surface area contributed by atoms with Gasteiger partial charge in [0.2, 0.25) is 5.70 Å². The highest BCUT2D eigenvalue weighted by Gasteiger charge is 2.50. The second kappa shape index (κ2) is 6.81. The van der Waals surface area contributed by atoms with Crippen LogP contribution < -0.4 is 0 Å². The Kier molecular flexibility index (Phi) is 4.22. The van der Waals surface area contributed by atoms with Crippen molar-refractivity contribution in [1.82, 2.24) is 9.78 Å². The van der Waals surface area contributed by atoms with Gasteiger partial charge in [0.1, 0.15) is 0 Å². The van der Waals surface area contributed by atoms with Crippen LogP contribution in [0.25, 0.3) is 21.8 Å². The summed E-state index contributed by atoms with van der Waals surface area (Å²) in [5.74, 6) is -0.0349. The van der Waals surface area contributed by atoms with Crippen LogP contribution in [0.3, 0.4) is 0 Å². The molecular formula is C26H23N3O. The fraction of sp³-hybridized carbons (Fsp3) is 0.269. The quantitative estimate of drug-likeness (QED) is 0.548. The smallest absolute Gasteiger partial charge is 0.226 e. The van der Waals surface area contributed by atoms with Crippen LogP contribution in [0.1, 0.15) is 31.5 Å². The van der Waals surface area contributed by atoms with Gasteiger partial charge in [-0.1, -0.05) is 68.5 Å². The maximum absolute atomic E-state index is 12.7. The molecule has 148 valence electrons. The maximum atomic E-state index is 12.7. The van der Waals surface area contributed by atoms with Gasteiger partial charge in [-0.3, -0.25) is 0 Å². The summed E-state index contributed by atoms with van der Waals surface area (Å²) in [6.45, 7) is 11.7. The summed E-state index contributed by atoms with van der Waals surface area (Å²) >= 11 is 0. The van der Waals surface area contributed by atoms with Gasteiger partial charge < -0.3 is 4.79 Å². The van der Waals surface area contributed by atoms with Gasteiger partial charge in [-0.2, -0.15) is 5.10 Å². The van der Waals surface area contributed by atoms with E-state index < -0.39 is 5.41 Å². The van der Waals surface area contributed by atoms with Crippen molar-refractivity contribution in [3.05, 3.63) is 95.1 Å². The highest BCUT2D eigenvalue weighted by atomic mass is 16.1. The average molecular weight is 393 g/mol. The number of ketones is 1. The number of rotatable bonds is 2. The van der Waals surface area contributed by atoms with E-state index in [1.807, 2.05) is 54.1 Å². The lowest BCUT2D eigenvalue weighted by atomic mass is 9.58. The number of para-hydroxylation sites is 1. The number of allylic oxidation sites excluding steroid dienone is 2. The van der Waals surface area contributed by atoms with Crippen molar-refractivity contribution in [3.63, 3.8) is 0 Å². The SMILES string of the molecule is [C-]#[N+]C1=C[C@@]2(C)c3c(c(-c4ccccc4)nn3-c3ccccc3)CC[C@@H]2[C@@H](C)C1=O. The number of nitrogens with zero attached hydrogens (tertiary/aromatic N) is 3. The second-order valence-electron chi connectivity index (χ2n) is 8.51. The van der Waals surface area contributed by atoms with Crippen LogP contribution in [0.15, 0.2) is 72.4 Å². The monoisotopic (exact) mass is 393 g/mol. The molecule has 4 nitrogen and oxygen atoms in total. The lowest BCUT2D eigenvalue weighted by Crippen LogP contribution is -2.46. The zero-order valence-electron chi connectivity index (χ0n) is 17.2. The fourth-order valence-electron chi connectivity index (χ4n) is 5.40. The van der Waals surface area contributed by atoms with E-state index >= 15 is 0 Å². The van der Waals surface area contributed by atoms with Crippen molar-refractivity contribution in [3.8, 4) is 16.9 Å². The van der Waals surface area contributed by atoms with E-state index in [9.17, 15) is 4.79 Å². The topological polar surface area (TPSA) is 39.2 Å². The number of hydrogen-bond donors (Lipinski definition) is 0. The Labute approximate surface area is 176 Å². The van der Waals surface area contributed by atoms with Crippen LogP contribution in [-0.4, -0.2) is 15.6 Å². The highest BCUT2D eigenvalue weighted by molar-refractivity contribution is 6.00. The van der Waals surface area contributed by atoms with Crippen molar-refractivity contribution in [1.29, 1.82) is 0 Å². The summed E-state index contributed by atoms with van der Waals surface area (Å²) < 4.78 is 2.05. The largest absolute Gasteiger partial charge is 0.308 e. The molecule has 0 radical (unpaired) electrons. The van der Waals surface area contributed by atoms with E-state index in [0.717, 1.165) is 35.5 Å². The van der Waals surface area contributed by atoms with Gasteiger partial charge >= 0.3 is 0 Å². The number of benzene rings is 2. The van der Waals surface area contributed by atoms with E-state index in [1.165, 1.54) is 5.56 Å². The molecule has 0 saturated carbocycles. The summed E-state index contributed by atoms with van der Waals surface area (Å²) in [5.41, 5.74) is 5.28. The summed E-state index contributed by atoms with van der Waals surface area (Å²) in [7, 11) is 0. The lowest BCUT2D eigenvalue weighted by Gasteiger charge is -2.45. The normalized spacial score (nSPS) is 25.1. The van der Waals surface area contributed by atoms with E-state index in [1.54, 1.807) is 0 Å². The second-order valence-corrected chi connectivity index (χ2v) is 8.51. The van der Waals surface area contributed by atoms with Gasteiger partial charge in [-0.15, -0.1) is 0 Å². The molecule has 30 heavy (non-hydrogen) atoms. The van der Waals surface area contributed by atoms with Crippen molar-refractivity contribution in [2.24, 2.45) is 11.8 Å². The standard InChI is InChI=1S/C26H23N3O/c1-17-21-15-14-20-23(18-10-6-4-7-11-18)28-29(19-12-8-5-9-13-19)25(20)26(21,2)16-22(27-3)24(17)30/h4-13,16-17,21H,14-15H2,1-2H3/t17-,21-,26-/m1/s1. The third-order valence-electron chi connectivity index (χ3n) is 6.84. The molecule has 2 aliphatic rings. The molecule has 0 unspecified atom stereocenters. The summed E-state index contributed by atoms with van der Waals surface area (Å²) in [4.78, 5) is 16.3. The predicted octanol–water partition coefficient (Wildman–Crippen LogP) is 5.38. The number of Topliss-reactive ketones (excluding diaryl/α,β-unsaturated/α-hetero) is 1. The first-order valence-electron chi connectivity index (χ1n) is 10.4. The van der Waals surface area contributed by atoms with Crippen LogP contribution >= 0.6 is 0 Å². The Hall–Kier alpha value is -3.45. The van der Waals surface area contributed by atoms with Crippen LogP contribution in [-0.2, 0) is 16.6 Å². The molecule has 0 saturated heterocycles. The van der Waals surface area contributed by atoms with E-state index in [2.05, 4.69) is 36.0 Å².